The van der Waals surface area contributed by atoms with E-state index < -0.39 is 0 Å². The molecule has 1 amide bonds. The first-order chi connectivity index (χ1) is 11.5. The largest absolute Gasteiger partial charge is 0.382 e. The standard InChI is InChI=1S/C18H25ClN4O/c1-13(2)14(3)22-15-5-6-17(19)16(11-15)18(24)21-7-4-9-23-10-8-20-12-23/h5-6,8,10-14,22H,4,7,9H2,1-3H3,(H,21,24)/t14-/m0/s1. The molecule has 130 valence electrons. The third-order valence-electron chi connectivity index (χ3n) is 4.04. The van der Waals surface area contributed by atoms with Crippen molar-refractivity contribution in [3.8, 4) is 0 Å². The van der Waals surface area contributed by atoms with E-state index in [1.165, 1.54) is 0 Å². The lowest BCUT2D eigenvalue weighted by molar-refractivity contribution is 0.0953. The minimum atomic E-state index is -0.147. The molecule has 1 heterocycles. The van der Waals surface area contributed by atoms with E-state index >= 15 is 0 Å². The molecule has 0 radical (unpaired) electrons. The molecule has 2 rings (SSSR count). The Labute approximate surface area is 148 Å². The van der Waals surface area contributed by atoms with Gasteiger partial charge in [-0.2, -0.15) is 0 Å². The summed E-state index contributed by atoms with van der Waals surface area (Å²) < 4.78 is 1.98. The Kier molecular flexibility index (Phi) is 6.67. The van der Waals surface area contributed by atoms with E-state index in [2.05, 4.69) is 36.4 Å². The molecule has 0 bridgehead atoms. The molecule has 0 spiro atoms. The van der Waals surface area contributed by atoms with E-state index in [1.807, 2.05) is 22.9 Å². The van der Waals surface area contributed by atoms with Gasteiger partial charge < -0.3 is 15.2 Å². The van der Waals surface area contributed by atoms with Crippen LogP contribution in [0.1, 0.15) is 37.6 Å². The molecular weight excluding hydrogens is 324 g/mol. The molecule has 24 heavy (non-hydrogen) atoms. The van der Waals surface area contributed by atoms with Crippen LogP contribution in [0.2, 0.25) is 5.02 Å². The number of hydrogen-bond acceptors (Lipinski definition) is 3. The summed E-state index contributed by atoms with van der Waals surface area (Å²) in [6, 6.07) is 5.79. The molecule has 0 aliphatic rings. The lowest BCUT2D eigenvalue weighted by Crippen LogP contribution is -2.26. The maximum Gasteiger partial charge on any atom is 0.252 e. The molecule has 6 heteroatoms. The van der Waals surface area contributed by atoms with E-state index in [1.54, 1.807) is 18.6 Å². The number of aromatic nitrogens is 2. The second-order valence-electron chi connectivity index (χ2n) is 6.28. The first-order valence-electron chi connectivity index (χ1n) is 8.27. The maximum atomic E-state index is 12.4. The van der Waals surface area contributed by atoms with Crippen LogP contribution in [0.3, 0.4) is 0 Å². The zero-order valence-corrected chi connectivity index (χ0v) is 15.2. The van der Waals surface area contributed by atoms with Gasteiger partial charge in [-0.3, -0.25) is 4.79 Å². The number of halogens is 1. The van der Waals surface area contributed by atoms with Crippen LogP contribution in [0.25, 0.3) is 0 Å². The highest BCUT2D eigenvalue weighted by molar-refractivity contribution is 6.34. The summed E-state index contributed by atoms with van der Waals surface area (Å²) >= 11 is 6.18. The summed E-state index contributed by atoms with van der Waals surface area (Å²) in [5.41, 5.74) is 1.41. The lowest BCUT2D eigenvalue weighted by atomic mass is 10.1. The third-order valence-corrected chi connectivity index (χ3v) is 4.37. The summed E-state index contributed by atoms with van der Waals surface area (Å²) in [7, 11) is 0. The molecular formula is C18H25ClN4O. The van der Waals surface area contributed by atoms with Crippen molar-refractivity contribution < 1.29 is 4.79 Å². The van der Waals surface area contributed by atoms with Crippen LogP contribution in [-0.2, 0) is 6.54 Å². The van der Waals surface area contributed by atoms with Gasteiger partial charge in [0.05, 0.1) is 16.9 Å². The quantitative estimate of drug-likeness (QED) is 0.713. The molecule has 0 aliphatic carbocycles. The van der Waals surface area contributed by atoms with Crippen molar-refractivity contribution in [3.05, 3.63) is 47.5 Å². The normalized spacial score (nSPS) is 12.2. The van der Waals surface area contributed by atoms with E-state index in [0.717, 1.165) is 18.7 Å². The van der Waals surface area contributed by atoms with Crippen molar-refractivity contribution >= 4 is 23.2 Å². The van der Waals surface area contributed by atoms with Crippen LogP contribution in [0.15, 0.2) is 36.9 Å². The van der Waals surface area contributed by atoms with Crippen LogP contribution < -0.4 is 10.6 Å². The number of anilines is 1. The van der Waals surface area contributed by atoms with Crippen molar-refractivity contribution in [2.24, 2.45) is 5.92 Å². The first kappa shape index (κ1) is 18.3. The average molecular weight is 349 g/mol. The van der Waals surface area contributed by atoms with Gasteiger partial charge in [0.25, 0.3) is 5.91 Å². The van der Waals surface area contributed by atoms with Crippen LogP contribution in [0, 0.1) is 5.92 Å². The fraction of sp³-hybridized carbons (Fsp3) is 0.444. The lowest BCUT2D eigenvalue weighted by Gasteiger charge is -2.19. The highest BCUT2D eigenvalue weighted by Gasteiger charge is 2.13. The SMILES string of the molecule is CC(C)[C@H](C)Nc1ccc(Cl)c(C(=O)NCCCn2ccnc2)c1. The third kappa shape index (κ3) is 5.27. The molecule has 1 atom stereocenters. The van der Waals surface area contributed by atoms with Crippen LogP contribution in [0.4, 0.5) is 5.69 Å². The van der Waals surface area contributed by atoms with Gasteiger partial charge in [0, 0.05) is 37.2 Å². The summed E-state index contributed by atoms with van der Waals surface area (Å²) in [6.07, 6.45) is 6.25. The fourth-order valence-electron chi connectivity index (χ4n) is 2.20. The Bertz CT molecular complexity index is 655. The molecule has 1 aromatic heterocycles. The van der Waals surface area contributed by atoms with Gasteiger partial charge in [-0.15, -0.1) is 0 Å². The van der Waals surface area contributed by atoms with Crippen LogP contribution >= 0.6 is 11.6 Å². The van der Waals surface area contributed by atoms with Gasteiger partial charge in [0.1, 0.15) is 0 Å². The predicted molar refractivity (Wildman–Crippen MR) is 98.6 cm³/mol. The summed E-state index contributed by atoms with van der Waals surface area (Å²) in [6.45, 7) is 7.84. The van der Waals surface area contributed by atoms with Gasteiger partial charge in [-0.05, 0) is 37.5 Å². The number of rotatable bonds is 8. The first-order valence-corrected chi connectivity index (χ1v) is 8.65. The Hall–Kier alpha value is -2.01. The molecule has 0 unspecified atom stereocenters. The Balaban J connectivity index is 1.90. The highest BCUT2D eigenvalue weighted by Crippen LogP contribution is 2.22. The molecule has 2 aromatic rings. The van der Waals surface area contributed by atoms with Crippen LogP contribution in [0.5, 0.6) is 0 Å². The number of imidazole rings is 1. The van der Waals surface area contributed by atoms with Crippen molar-refractivity contribution in [3.63, 3.8) is 0 Å². The van der Waals surface area contributed by atoms with Crippen molar-refractivity contribution in [2.75, 3.05) is 11.9 Å². The van der Waals surface area contributed by atoms with E-state index in [-0.39, 0.29) is 5.91 Å². The average Bonchev–Trinajstić information content (AvgIpc) is 3.06. The van der Waals surface area contributed by atoms with Crippen molar-refractivity contribution in [2.45, 2.75) is 39.8 Å². The Morgan fingerprint density at radius 1 is 1.33 bits per heavy atom. The molecule has 5 nitrogen and oxygen atoms in total. The smallest absolute Gasteiger partial charge is 0.252 e. The number of carbonyl (C=O) groups excluding carboxylic acids is 1. The minimum absolute atomic E-state index is 0.147. The number of amides is 1. The van der Waals surface area contributed by atoms with E-state index in [4.69, 9.17) is 11.6 Å². The van der Waals surface area contributed by atoms with Crippen molar-refractivity contribution in [1.29, 1.82) is 0 Å². The second-order valence-corrected chi connectivity index (χ2v) is 6.69. The summed E-state index contributed by atoms with van der Waals surface area (Å²) in [5.74, 6) is 0.354. The number of nitrogens with zero attached hydrogens (tertiary/aromatic N) is 2. The maximum absolute atomic E-state index is 12.4. The van der Waals surface area contributed by atoms with Crippen LogP contribution in [-0.4, -0.2) is 28.0 Å². The number of carbonyl (C=O) groups is 1. The molecule has 1 aromatic carbocycles. The molecule has 2 N–H and O–H groups in total. The van der Waals surface area contributed by atoms with Gasteiger partial charge >= 0.3 is 0 Å². The topological polar surface area (TPSA) is 59.0 Å². The van der Waals surface area contributed by atoms with Gasteiger partial charge in [0.15, 0.2) is 0 Å². The Morgan fingerprint density at radius 3 is 2.79 bits per heavy atom. The number of benzene rings is 1. The monoisotopic (exact) mass is 348 g/mol. The molecule has 0 saturated heterocycles. The number of hydrogen-bond donors (Lipinski definition) is 2. The fourth-order valence-corrected chi connectivity index (χ4v) is 2.40. The minimum Gasteiger partial charge on any atom is -0.382 e. The van der Waals surface area contributed by atoms with Crippen molar-refractivity contribution in [1.82, 2.24) is 14.9 Å². The highest BCUT2D eigenvalue weighted by atomic mass is 35.5. The molecule has 0 saturated carbocycles. The van der Waals surface area contributed by atoms with E-state index in [9.17, 15) is 4.79 Å². The Morgan fingerprint density at radius 2 is 2.12 bits per heavy atom. The van der Waals surface area contributed by atoms with Gasteiger partial charge in [0.2, 0.25) is 0 Å². The number of nitrogens with one attached hydrogen (secondary N) is 2. The summed E-state index contributed by atoms with van der Waals surface area (Å²) in [4.78, 5) is 16.3. The zero-order valence-electron chi connectivity index (χ0n) is 14.4. The number of aryl methyl sites for hydroxylation is 1. The van der Waals surface area contributed by atoms with Gasteiger partial charge in [-0.1, -0.05) is 25.4 Å². The second kappa shape index (κ2) is 8.73. The predicted octanol–water partition coefficient (Wildman–Crippen LogP) is 3.81. The zero-order chi connectivity index (χ0) is 17.5. The molecule has 0 fully saturated rings. The molecule has 0 aliphatic heterocycles. The van der Waals surface area contributed by atoms with Gasteiger partial charge in [-0.25, -0.2) is 4.98 Å². The van der Waals surface area contributed by atoms with E-state index in [0.29, 0.717) is 29.1 Å². The summed E-state index contributed by atoms with van der Waals surface area (Å²) in [5, 5.41) is 6.78.